The van der Waals surface area contributed by atoms with Crippen LogP contribution in [0.1, 0.15) is 32.3 Å². The van der Waals surface area contributed by atoms with Gasteiger partial charge in [0.05, 0.1) is 35.9 Å². The van der Waals surface area contributed by atoms with E-state index in [1.54, 1.807) is 6.20 Å². The van der Waals surface area contributed by atoms with E-state index in [2.05, 4.69) is 16.0 Å². The van der Waals surface area contributed by atoms with Gasteiger partial charge in [0.25, 0.3) is 0 Å². The second-order valence-electron chi connectivity index (χ2n) is 6.26. The van der Waals surface area contributed by atoms with E-state index in [9.17, 15) is 10.1 Å². The van der Waals surface area contributed by atoms with Gasteiger partial charge in [-0.25, -0.2) is 0 Å². The average Bonchev–Trinajstić information content (AvgIpc) is 2.67. The number of hydrogen-bond acceptors (Lipinski definition) is 6. The lowest BCUT2D eigenvalue weighted by Gasteiger charge is -2.33. The first kappa shape index (κ1) is 18.0. The maximum absolute atomic E-state index is 12.0. The number of nitriles is 1. The molecular formula is C20H23N3O3. The monoisotopic (exact) mass is 353 g/mol. The van der Waals surface area contributed by atoms with E-state index in [-0.39, 0.29) is 11.9 Å². The van der Waals surface area contributed by atoms with Crippen molar-refractivity contribution in [2.45, 2.75) is 26.7 Å². The summed E-state index contributed by atoms with van der Waals surface area (Å²) in [5, 5.41) is 10.5. The highest BCUT2D eigenvalue weighted by Crippen LogP contribution is 2.34. The third-order valence-electron chi connectivity index (χ3n) is 4.67. The first-order valence-electron chi connectivity index (χ1n) is 9.05. The first-order valence-corrected chi connectivity index (χ1v) is 9.05. The number of anilines is 1. The summed E-state index contributed by atoms with van der Waals surface area (Å²) in [7, 11) is 0. The molecule has 6 heteroatoms. The number of carbonyl (C=O) groups excluding carboxylic acids is 1. The van der Waals surface area contributed by atoms with Crippen molar-refractivity contribution in [1.82, 2.24) is 4.98 Å². The molecular weight excluding hydrogens is 330 g/mol. The molecule has 136 valence electrons. The van der Waals surface area contributed by atoms with E-state index >= 15 is 0 Å². The minimum atomic E-state index is -0.120. The van der Waals surface area contributed by atoms with Crippen LogP contribution in [0.5, 0.6) is 5.75 Å². The van der Waals surface area contributed by atoms with Crippen molar-refractivity contribution in [3.05, 3.63) is 30.0 Å². The van der Waals surface area contributed by atoms with Crippen LogP contribution in [0.3, 0.4) is 0 Å². The van der Waals surface area contributed by atoms with Crippen LogP contribution in [0.25, 0.3) is 10.9 Å². The number of hydrogen-bond donors (Lipinski definition) is 0. The summed E-state index contributed by atoms with van der Waals surface area (Å²) >= 11 is 0. The summed E-state index contributed by atoms with van der Waals surface area (Å²) in [5.74, 6) is 0.578. The van der Waals surface area contributed by atoms with Gasteiger partial charge in [-0.3, -0.25) is 9.78 Å². The van der Waals surface area contributed by atoms with Crippen molar-refractivity contribution < 1.29 is 14.3 Å². The Labute approximate surface area is 153 Å². The minimum absolute atomic E-state index is 0.0659. The molecule has 26 heavy (non-hydrogen) atoms. The zero-order valence-corrected chi connectivity index (χ0v) is 15.2. The van der Waals surface area contributed by atoms with Gasteiger partial charge in [-0.05, 0) is 44.9 Å². The number of rotatable bonds is 5. The summed E-state index contributed by atoms with van der Waals surface area (Å²) in [6.45, 7) is 6.16. The number of carbonyl (C=O) groups is 1. The summed E-state index contributed by atoms with van der Waals surface area (Å²) in [6.07, 6.45) is 3.06. The third kappa shape index (κ3) is 3.57. The number of ether oxygens (including phenoxy) is 2. The lowest BCUT2D eigenvalue weighted by molar-refractivity contribution is -0.148. The maximum Gasteiger partial charge on any atom is 0.309 e. The van der Waals surface area contributed by atoms with Crippen molar-refractivity contribution in [2.24, 2.45) is 5.92 Å². The van der Waals surface area contributed by atoms with Crippen LogP contribution in [0.15, 0.2) is 24.4 Å². The third-order valence-corrected chi connectivity index (χ3v) is 4.67. The van der Waals surface area contributed by atoms with E-state index in [4.69, 9.17) is 9.47 Å². The maximum atomic E-state index is 12.0. The van der Waals surface area contributed by atoms with Gasteiger partial charge >= 0.3 is 5.97 Å². The van der Waals surface area contributed by atoms with E-state index in [0.29, 0.717) is 31.9 Å². The van der Waals surface area contributed by atoms with E-state index in [1.807, 2.05) is 32.0 Å². The molecule has 0 unspecified atom stereocenters. The SMILES string of the molecule is CCOC(=O)C1CCN(c2c(C#N)cnc3ccc(OCC)cc23)CC1. The number of esters is 1. The smallest absolute Gasteiger partial charge is 0.309 e. The Morgan fingerprint density at radius 2 is 2.08 bits per heavy atom. The van der Waals surface area contributed by atoms with Crippen LogP contribution >= 0.6 is 0 Å². The van der Waals surface area contributed by atoms with Gasteiger partial charge in [-0.1, -0.05) is 0 Å². The Balaban J connectivity index is 1.92. The Hall–Kier alpha value is -2.81. The molecule has 0 atom stereocenters. The molecule has 0 bridgehead atoms. The van der Waals surface area contributed by atoms with E-state index in [1.165, 1.54) is 0 Å². The number of piperidine rings is 1. The van der Waals surface area contributed by atoms with Crippen LogP contribution in [0.4, 0.5) is 5.69 Å². The van der Waals surface area contributed by atoms with Gasteiger partial charge in [-0.15, -0.1) is 0 Å². The zero-order valence-electron chi connectivity index (χ0n) is 15.2. The molecule has 0 N–H and O–H groups in total. The van der Waals surface area contributed by atoms with Crippen molar-refractivity contribution in [3.63, 3.8) is 0 Å². The summed E-state index contributed by atoms with van der Waals surface area (Å²) in [5.41, 5.74) is 2.25. The zero-order chi connectivity index (χ0) is 18.5. The summed E-state index contributed by atoms with van der Waals surface area (Å²) in [6, 6.07) is 8.00. The van der Waals surface area contributed by atoms with Crippen LogP contribution in [0, 0.1) is 17.2 Å². The summed E-state index contributed by atoms with van der Waals surface area (Å²) < 4.78 is 10.8. The largest absolute Gasteiger partial charge is 0.494 e. The molecule has 1 saturated heterocycles. The lowest BCUT2D eigenvalue weighted by atomic mass is 9.95. The van der Waals surface area contributed by atoms with E-state index in [0.717, 1.165) is 35.2 Å². The van der Waals surface area contributed by atoms with Crippen LogP contribution in [-0.4, -0.2) is 37.3 Å². The predicted molar refractivity (Wildman–Crippen MR) is 99.2 cm³/mol. The fourth-order valence-electron chi connectivity index (χ4n) is 3.44. The highest BCUT2D eigenvalue weighted by Gasteiger charge is 2.28. The van der Waals surface area contributed by atoms with Crippen molar-refractivity contribution in [1.29, 1.82) is 5.26 Å². The number of pyridine rings is 1. The molecule has 2 heterocycles. The van der Waals surface area contributed by atoms with Gasteiger partial charge in [0.15, 0.2) is 0 Å². The van der Waals surface area contributed by atoms with Gasteiger partial charge in [0, 0.05) is 24.7 Å². The van der Waals surface area contributed by atoms with E-state index < -0.39 is 0 Å². The topological polar surface area (TPSA) is 75.5 Å². The first-order chi connectivity index (χ1) is 12.7. The van der Waals surface area contributed by atoms with Gasteiger partial charge in [0.2, 0.25) is 0 Å². The standard InChI is InChI=1S/C20H23N3O3/c1-3-25-16-5-6-18-17(11-16)19(15(12-21)13-22-18)23-9-7-14(8-10-23)20(24)26-4-2/h5-6,11,13-14H,3-4,7-10H2,1-2H3. The molecule has 0 saturated carbocycles. The molecule has 0 aliphatic carbocycles. The molecule has 3 rings (SSSR count). The molecule has 2 aromatic rings. The quantitative estimate of drug-likeness (QED) is 0.768. The lowest BCUT2D eigenvalue weighted by Crippen LogP contribution is -2.37. The van der Waals surface area contributed by atoms with Crippen molar-refractivity contribution in [2.75, 3.05) is 31.2 Å². The van der Waals surface area contributed by atoms with Crippen LogP contribution in [-0.2, 0) is 9.53 Å². The molecule has 1 aliphatic rings. The Morgan fingerprint density at radius 3 is 2.73 bits per heavy atom. The molecule has 1 aliphatic heterocycles. The second-order valence-corrected chi connectivity index (χ2v) is 6.26. The predicted octanol–water partition coefficient (Wildman–Crippen LogP) is 3.28. The van der Waals surface area contributed by atoms with Gasteiger partial charge < -0.3 is 14.4 Å². The number of aromatic nitrogens is 1. The molecule has 0 spiro atoms. The number of fused-ring (bicyclic) bond motifs is 1. The fourth-order valence-corrected chi connectivity index (χ4v) is 3.44. The van der Waals surface area contributed by atoms with Crippen molar-refractivity contribution >= 4 is 22.6 Å². The molecule has 6 nitrogen and oxygen atoms in total. The molecule has 0 amide bonds. The highest BCUT2D eigenvalue weighted by molar-refractivity contribution is 5.95. The van der Waals surface area contributed by atoms with Crippen LogP contribution < -0.4 is 9.64 Å². The summed E-state index contributed by atoms with van der Waals surface area (Å²) in [4.78, 5) is 18.5. The minimum Gasteiger partial charge on any atom is -0.494 e. The second kappa shape index (κ2) is 8.05. The Bertz CT molecular complexity index is 836. The van der Waals surface area contributed by atoms with Gasteiger partial charge in [-0.2, -0.15) is 5.26 Å². The molecule has 1 fully saturated rings. The molecule has 1 aromatic carbocycles. The Kier molecular flexibility index (Phi) is 5.57. The molecule has 0 radical (unpaired) electrons. The number of nitrogens with zero attached hydrogens (tertiary/aromatic N) is 3. The highest BCUT2D eigenvalue weighted by atomic mass is 16.5. The van der Waals surface area contributed by atoms with Crippen molar-refractivity contribution in [3.8, 4) is 11.8 Å². The average molecular weight is 353 g/mol. The Morgan fingerprint density at radius 1 is 1.31 bits per heavy atom. The fraction of sp³-hybridized carbons (Fsp3) is 0.450. The van der Waals surface area contributed by atoms with Gasteiger partial charge in [0.1, 0.15) is 11.8 Å². The molecule has 1 aromatic heterocycles. The number of benzene rings is 1. The normalized spacial score (nSPS) is 14.9. The van der Waals surface area contributed by atoms with Crippen LogP contribution in [0.2, 0.25) is 0 Å².